The third kappa shape index (κ3) is 7.08. The minimum atomic E-state index is -0.115. The molecule has 1 rings (SSSR count). The predicted molar refractivity (Wildman–Crippen MR) is 85.6 cm³/mol. The summed E-state index contributed by atoms with van der Waals surface area (Å²) in [5, 5.41) is 5.62. The molecule has 2 amide bonds. The highest BCUT2D eigenvalue weighted by Crippen LogP contribution is 2.10. The van der Waals surface area contributed by atoms with E-state index < -0.39 is 0 Å². The highest BCUT2D eigenvalue weighted by atomic mass is 16.5. The summed E-state index contributed by atoms with van der Waals surface area (Å²) < 4.78 is 5.08. The standard InChI is InChI=1S/C16H25N3O3/c1-12(2)18-16(21)11-19(3)10-15(20)17-9-13-5-7-14(22-4)8-6-13/h5-8,12H,9-11H2,1-4H3,(H,17,20)(H,18,21). The van der Waals surface area contributed by atoms with Crippen LogP contribution < -0.4 is 15.4 Å². The SMILES string of the molecule is COc1ccc(CNC(=O)CN(C)CC(=O)NC(C)C)cc1. The number of amides is 2. The van der Waals surface area contributed by atoms with E-state index in [9.17, 15) is 9.59 Å². The summed E-state index contributed by atoms with van der Waals surface area (Å²) in [6, 6.07) is 7.61. The van der Waals surface area contributed by atoms with Crippen molar-refractivity contribution >= 4 is 11.8 Å². The molecule has 122 valence electrons. The van der Waals surface area contributed by atoms with Crippen molar-refractivity contribution in [1.82, 2.24) is 15.5 Å². The molecule has 6 nitrogen and oxygen atoms in total. The summed E-state index contributed by atoms with van der Waals surface area (Å²) in [6.45, 7) is 4.64. The summed E-state index contributed by atoms with van der Waals surface area (Å²) in [7, 11) is 3.36. The van der Waals surface area contributed by atoms with Crippen LogP contribution in [0, 0.1) is 0 Å². The summed E-state index contributed by atoms with van der Waals surface area (Å²) in [6.07, 6.45) is 0. The molecule has 0 unspecified atom stereocenters. The van der Waals surface area contributed by atoms with Crippen LogP contribution in [-0.2, 0) is 16.1 Å². The molecule has 1 aromatic carbocycles. The van der Waals surface area contributed by atoms with Crippen molar-refractivity contribution in [3.63, 3.8) is 0 Å². The predicted octanol–water partition coefficient (Wildman–Crippen LogP) is 0.768. The van der Waals surface area contributed by atoms with Gasteiger partial charge in [0.1, 0.15) is 5.75 Å². The van der Waals surface area contributed by atoms with Gasteiger partial charge in [-0.05, 0) is 38.6 Å². The second kappa shape index (κ2) is 9.04. The van der Waals surface area contributed by atoms with Crippen LogP contribution in [0.4, 0.5) is 0 Å². The Bertz CT molecular complexity index is 486. The zero-order valence-corrected chi connectivity index (χ0v) is 13.7. The number of hydrogen-bond acceptors (Lipinski definition) is 4. The van der Waals surface area contributed by atoms with E-state index in [2.05, 4.69) is 10.6 Å². The first kappa shape index (κ1) is 18.0. The van der Waals surface area contributed by atoms with Crippen LogP contribution in [0.3, 0.4) is 0 Å². The molecule has 0 saturated carbocycles. The van der Waals surface area contributed by atoms with E-state index in [1.807, 2.05) is 38.1 Å². The molecule has 0 aliphatic rings. The number of nitrogens with one attached hydrogen (secondary N) is 2. The van der Waals surface area contributed by atoms with Crippen LogP contribution in [0.2, 0.25) is 0 Å². The normalized spacial score (nSPS) is 10.6. The maximum Gasteiger partial charge on any atom is 0.234 e. The number of nitrogens with zero attached hydrogens (tertiary/aromatic N) is 1. The van der Waals surface area contributed by atoms with E-state index in [0.29, 0.717) is 6.54 Å². The Balaban J connectivity index is 2.31. The van der Waals surface area contributed by atoms with E-state index in [-0.39, 0.29) is 30.9 Å². The molecule has 6 heteroatoms. The number of rotatable bonds is 8. The van der Waals surface area contributed by atoms with Crippen molar-refractivity contribution < 1.29 is 14.3 Å². The summed E-state index contributed by atoms with van der Waals surface area (Å²) >= 11 is 0. The molecule has 0 radical (unpaired) electrons. The van der Waals surface area contributed by atoms with Crippen molar-refractivity contribution in [2.24, 2.45) is 0 Å². The van der Waals surface area contributed by atoms with Gasteiger partial charge >= 0.3 is 0 Å². The summed E-state index contributed by atoms with van der Waals surface area (Å²) in [5.74, 6) is 0.585. The number of hydrogen-bond donors (Lipinski definition) is 2. The molecule has 0 heterocycles. The van der Waals surface area contributed by atoms with Crippen LogP contribution in [0.5, 0.6) is 5.75 Å². The number of benzene rings is 1. The third-order valence-electron chi connectivity index (χ3n) is 2.93. The Morgan fingerprint density at radius 1 is 1.14 bits per heavy atom. The molecule has 0 aliphatic heterocycles. The van der Waals surface area contributed by atoms with Gasteiger partial charge in [0.05, 0.1) is 20.2 Å². The average molecular weight is 307 g/mol. The molecule has 1 aromatic rings. The second-order valence-corrected chi connectivity index (χ2v) is 5.52. The number of carbonyl (C=O) groups excluding carboxylic acids is 2. The summed E-state index contributed by atoms with van der Waals surface area (Å²) in [4.78, 5) is 25.1. The van der Waals surface area contributed by atoms with Gasteiger partial charge in [-0.3, -0.25) is 14.5 Å². The number of likely N-dealkylation sites (N-methyl/N-ethyl adjacent to an activating group) is 1. The fourth-order valence-electron chi connectivity index (χ4n) is 1.91. The molecule has 0 atom stereocenters. The van der Waals surface area contributed by atoms with Crippen LogP contribution in [0.25, 0.3) is 0 Å². The summed E-state index contributed by atoms with van der Waals surface area (Å²) in [5.41, 5.74) is 0.995. The van der Waals surface area contributed by atoms with E-state index >= 15 is 0 Å². The Kier molecular flexibility index (Phi) is 7.39. The highest BCUT2D eigenvalue weighted by molar-refractivity contribution is 5.81. The maximum absolute atomic E-state index is 11.8. The average Bonchev–Trinajstić information content (AvgIpc) is 2.44. The number of methoxy groups -OCH3 is 1. The molecule has 0 bridgehead atoms. The third-order valence-corrected chi connectivity index (χ3v) is 2.93. The second-order valence-electron chi connectivity index (χ2n) is 5.52. The van der Waals surface area contributed by atoms with Gasteiger partial charge < -0.3 is 15.4 Å². The lowest BCUT2D eigenvalue weighted by atomic mass is 10.2. The lowest BCUT2D eigenvalue weighted by Crippen LogP contribution is -2.42. The first-order chi connectivity index (χ1) is 10.4. The minimum absolute atomic E-state index is 0.0829. The number of ether oxygens (including phenoxy) is 1. The fraction of sp³-hybridized carbons (Fsp3) is 0.500. The van der Waals surface area contributed by atoms with Gasteiger partial charge in [0.25, 0.3) is 0 Å². The van der Waals surface area contributed by atoms with Crippen molar-refractivity contribution in [3.05, 3.63) is 29.8 Å². The van der Waals surface area contributed by atoms with Gasteiger partial charge in [0.15, 0.2) is 0 Å². The topological polar surface area (TPSA) is 70.7 Å². The monoisotopic (exact) mass is 307 g/mol. The van der Waals surface area contributed by atoms with Gasteiger partial charge in [-0.1, -0.05) is 12.1 Å². The molecule has 0 fully saturated rings. The minimum Gasteiger partial charge on any atom is -0.497 e. The van der Waals surface area contributed by atoms with Crippen LogP contribution in [0.15, 0.2) is 24.3 Å². The van der Waals surface area contributed by atoms with Gasteiger partial charge in [-0.15, -0.1) is 0 Å². The quantitative estimate of drug-likeness (QED) is 0.744. The lowest BCUT2D eigenvalue weighted by molar-refractivity contribution is -0.124. The first-order valence-corrected chi connectivity index (χ1v) is 7.28. The Morgan fingerprint density at radius 2 is 1.73 bits per heavy atom. The molecule has 0 aromatic heterocycles. The maximum atomic E-state index is 11.8. The smallest absolute Gasteiger partial charge is 0.234 e. The van der Waals surface area contributed by atoms with E-state index in [1.54, 1.807) is 19.1 Å². The van der Waals surface area contributed by atoms with E-state index in [4.69, 9.17) is 4.74 Å². The molecular weight excluding hydrogens is 282 g/mol. The Labute approximate surface area is 131 Å². The molecular formula is C16H25N3O3. The first-order valence-electron chi connectivity index (χ1n) is 7.28. The zero-order valence-electron chi connectivity index (χ0n) is 13.7. The molecule has 0 saturated heterocycles. The molecule has 0 aliphatic carbocycles. The van der Waals surface area contributed by atoms with Gasteiger partial charge in [0.2, 0.25) is 11.8 Å². The van der Waals surface area contributed by atoms with Crippen molar-refractivity contribution in [3.8, 4) is 5.75 Å². The highest BCUT2D eigenvalue weighted by Gasteiger charge is 2.11. The van der Waals surface area contributed by atoms with Crippen molar-refractivity contribution in [1.29, 1.82) is 0 Å². The van der Waals surface area contributed by atoms with Crippen molar-refractivity contribution in [2.45, 2.75) is 26.4 Å². The largest absolute Gasteiger partial charge is 0.497 e. The van der Waals surface area contributed by atoms with Gasteiger partial charge in [0, 0.05) is 12.6 Å². The zero-order chi connectivity index (χ0) is 16.5. The van der Waals surface area contributed by atoms with Gasteiger partial charge in [-0.25, -0.2) is 0 Å². The lowest BCUT2D eigenvalue weighted by Gasteiger charge is -2.17. The Hall–Kier alpha value is -2.08. The van der Waals surface area contributed by atoms with Crippen LogP contribution in [0.1, 0.15) is 19.4 Å². The number of carbonyl (C=O) groups is 2. The van der Waals surface area contributed by atoms with Gasteiger partial charge in [-0.2, -0.15) is 0 Å². The molecule has 0 spiro atoms. The van der Waals surface area contributed by atoms with E-state index in [1.165, 1.54) is 0 Å². The van der Waals surface area contributed by atoms with E-state index in [0.717, 1.165) is 11.3 Å². The van der Waals surface area contributed by atoms with Crippen LogP contribution >= 0.6 is 0 Å². The van der Waals surface area contributed by atoms with Crippen molar-refractivity contribution in [2.75, 3.05) is 27.2 Å². The molecule has 22 heavy (non-hydrogen) atoms. The Morgan fingerprint density at radius 3 is 2.27 bits per heavy atom. The fourth-order valence-corrected chi connectivity index (χ4v) is 1.91. The van der Waals surface area contributed by atoms with Crippen LogP contribution in [-0.4, -0.2) is 50.0 Å². The molecule has 2 N–H and O–H groups in total.